The van der Waals surface area contributed by atoms with Crippen molar-refractivity contribution in [1.29, 1.82) is 0 Å². The number of anilines is 1. The first-order valence-electron chi connectivity index (χ1n) is 10.9. The molecule has 1 aliphatic heterocycles. The Hall–Kier alpha value is -2.87. The van der Waals surface area contributed by atoms with Gasteiger partial charge in [0.05, 0.1) is 24.0 Å². The first-order chi connectivity index (χ1) is 14.8. The summed E-state index contributed by atoms with van der Waals surface area (Å²) in [6.45, 7) is 3.36. The van der Waals surface area contributed by atoms with E-state index in [0.717, 1.165) is 73.3 Å². The third kappa shape index (κ3) is 3.92. The van der Waals surface area contributed by atoms with E-state index in [2.05, 4.69) is 30.3 Å². The molecule has 5 rings (SSSR count). The van der Waals surface area contributed by atoms with E-state index in [1.807, 2.05) is 6.07 Å². The van der Waals surface area contributed by atoms with Crippen LogP contribution in [-0.2, 0) is 19.4 Å². The molecule has 3 aromatic heterocycles. The van der Waals surface area contributed by atoms with Gasteiger partial charge < -0.3 is 5.32 Å². The molecule has 1 N–H and O–H groups in total. The van der Waals surface area contributed by atoms with Gasteiger partial charge in [-0.15, -0.1) is 0 Å². The lowest BCUT2D eigenvalue weighted by Gasteiger charge is -2.36. The normalized spacial score (nSPS) is 19.1. The van der Waals surface area contributed by atoms with Gasteiger partial charge in [-0.05, 0) is 50.3 Å². The van der Waals surface area contributed by atoms with Gasteiger partial charge in [0, 0.05) is 36.8 Å². The summed E-state index contributed by atoms with van der Waals surface area (Å²) in [7, 11) is 0. The molecule has 4 heterocycles. The van der Waals surface area contributed by atoms with Crippen LogP contribution in [-0.4, -0.2) is 55.3 Å². The second kappa shape index (κ2) is 8.47. The highest BCUT2D eigenvalue weighted by Crippen LogP contribution is 2.21. The van der Waals surface area contributed by atoms with Gasteiger partial charge in [-0.25, -0.2) is 14.6 Å². The summed E-state index contributed by atoms with van der Waals surface area (Å²) in [5, 5.41) is 9.14. The van der Waals surface area contributed by atoms with E-state index >= 15 is 0 Å². The Balaban J connectivity index is 1.25. The van der Waals surface area contributed by atoms with Crippen molar-refractivity contribution >= 4 is 16.7 Å². The van der Waals surface area contributed by atoms with Crippen LogP contribution in [0.15, 0.2) is 35.6 Å². The molecule has 2 aliphatic rings. The van der Waals surface area contributed by atoms with E-state index in [0.29, 0.717) is 12.6 Å². The van der Waals surface area contributed by atoms with Crippen LogP contribution in [0.2, 0.25) is 0 Å². The molecule has 1 atom stereocenters. The molecule has 1 fully saturated rings. The average molecular weight is 406 g/mol. The number of hydrogen-bond acceptors (Lipinski definition) is 7. The van der Waals surface area contributed by atoms with Gasteiger partial charge in [0.1, 0.15) is 12.1 Å². The van der Waals surface area contributed by atoms with Crippen LogP contribution >= 0.6 is 0 Å². The van der Waals surface area contributed by atoms with Crippen LogP contribution in [0.25, 0.3) is 10.9 Å². The zero-order valence-corrected chi connectivity index (χ0v) is 17.1. The monoisotopic (exact) mass is 405 g/mol. The molecule has 0 amide bonds. The first-order valence-corrected chi connectivity index (χ1v) is 10.9. The zero-order valence-electron chi connectivity index (χ0n) is 17.1. The van der Waals surface area contributed by atoms with Gasteiger partial charge in [0.25, 0.3) is 5.56 Å². The van der Waals surface area contributed by atoms with Gasteiger partial charge in [-0.2, -0.15) is 5.10 Å². The minimum atomic E-state index is 0.0309. The smallest absolute Gasteiger partial charge is 0.267 e. The SMILES string of the molecule is O=c1cc2c(nn1CCN1CCCCC1CNc1ncnc3cnccc13)CCC2. The standard InChI is InChI=1S/C22H27N7O/c30-21-12-16-4-3-6-19(16)27-29(21)11-10-28-9-2-1-5-17(28)13-24-22-18-7-8-23-14-20(18)25-15-26-22/h7-8,12,14-15,17H,1-6,9-11,13H2,(H,24,25,26). The summed E-state index contributed by atoms with van der Waals surface area (Å²) in [4.78, 5) is 27.8. The maximum absolute atomic E-state index is 12.4. The molecule has 8 nitrogen and oxygen atoms in total. The lowest BCUT2D eigenvalue weighted by Crippen LogP contribution is -2.45. The van der Waals surface area contributed by atoms with E-state index in [9.17, 15) is 4.79 Å². The number of hydrogen-bond donors (Lipinski definition) is 1. The number of nitrogens with zero attached hydrogens (tertiary/aromatic N) is 6. The van der Waals surface area contributed by atoms with Crippen molar-refractivity contribution in [3.8, 4) is 0 Å². The fraction of sp³-hybridized carbons (Fsp3) is 0.500. The molecule has 1 aliphatic carbocycles. The molecular weight excluding hydrogens is 378 g/mol. The molecule has 30 heavy (non-hydrogen) atoms. The first kappa shape index (κ1) is 19.1. The average Bonchev–Trinajstić information content (AvgIpc) is 3.23. The van der Waals surface area contributed by atoms with Crippen molar-refractivity contribution in [2.24, 2.45) is 0 Å². The minimum Gasteiger partial charge on any atom is -0.368 e. The molecule has 0 radical (unpaired) electrons. The predicted molar refractivity (Wildman–Crippen MR) is 116 cm³/mol. The number of nitrogens with one attached hydrogen (secondary N) is 1. The quantitative estimate of drug-likeness (QED) is 0.671. The number of pyridine rings is 1. The van der Waals surface area contributed by atoms with Crippen molar-refractivity contribution in [2.45, 2.75) is 51.1 Å². The predicted octanol–water partition coefficient (Wildman–Crippen LogP) is 2.04. The van der Waals surface area contributed by atoms with Crippen LogP contribution < -0.4 is 10.9 Å². The number of rotatable bonds is 6. The lowest BCUT2D eigenvalue weighted by atomic mass is 10.0. The molecule has 8 heteroatoms. The second-order valence-electron chi connectivity index (χ2n) is 8.21. The van der Waals surface area contributed by atoms with Crippen LogP contribution in [0.5, 0.6) is 0 Å². The summed E-state index contributed by atoms with van der Waals surface area (Å²) in [6.07, 6.45) is 11.8. The number of fused-ring (bicyclic) bond motifs is 2. The summed E-state index contributed by atoms with van der Waals surface area (Å²) in [5.74, 6) is 0.851. The molecule has 0 aromatic carbocycles. The highest BCUT2D eigenvalue weighted by atomic mass is 16.1. The largest absolute Gasteiger partial charge is 0.368 e. The van der Waals surface area contributed by atoms with Gasteiger partial charge in [-0.3, -0.25) is 14.7 Å². The Kier molecular flexibility index (Phi) is 5.40. The lowest BCUT2D eigenvalue weighted by molar-refractivity contribution is 0.148. The highest BCUT2D eigenvalue weighted by molar-refractivity contribution is 5.87. The Morgan fingerprint density at radius 2 is 2.10 bits per heavy atom. The van der Waals surface area contributed by atoms with Crippen LogP contribution in [0.3, 0.4) is 0 Å². The number of likely N-dealkylation sites (tertiary alicyclic amines) is 1. The van der Waals surface area contributed by atoms with Crippen molar-refractivity contribution in [3.05, 3.63) is 52.5 Å². The fourth-order valence-electron chi connectivity index (χ4n) is 4.67. The summed E-state index contributed by atoms with van der Waals surface area (Å²) in [6, 6.07) is 4.15. The summed E-state index contributed by atoms with van der Waals surface area (Å²) in [5.41, 5.74) is 3.13. The van der Waals surface area contributed by atoms with Gasteiger partial charge in [0.2, 0.25) is 0 Å². The van der Waals surface area contributed by atoms with Gasteiger partial charge in [0.15, 0.2) is 0 Å². The van der Waals surface area contributed by atoms with Crippen molar-refractivity contribution in [1.82, 2.24) is 29.6 Å². The number of aromatic nitrogens is 5. The fourth-order valence-corrected chi connectivity index (χ4v) is 4.67. The van der Waals surface area contributed by atoms with E-state index in [1.165, 1.54) is 12.8 Å². The van der Waals surface area contributed by atoms with Crippen molar-refractivity contribution in [2.75, 3.05) is 25.0 Å². The zero-order chi connectivity index (χ0) is 20.3. The van der Waals surface area contributed by atoms with Crippen LogP contribution in [0.4, 0.5) is 5.82 Å². The third-order valence-electron chi connectivity index (χ3n) is 6.32. The summed E-state index contributed by atoms with van der Waals surface area (Å²) >= 11 is 0. The van der Waals surface area contributed by atoms with E-state index in [4.69, 9.17) is 0 Å². The van der Waals surface area contributed by atoms with E-state index in [1.54, 1.807) is 29.5 Å². The van der Waals surface area contributed by atoms with E-state index < -0.39 is 0 Å². The molecule has 3 aromatic rings. The molecule has 0 saturated carbocycles. The van der Waals surface area contributed by atoms with Gasteiger partial charge >= 0.3 is 0 Å². The number of piperidine rings is 1. The minimum absolute atomic E-state index is 0.0309. The Morgan fingerprint density at radius 3 is 3.07 bits per heavy atom. The van der Waals surface area contributed by atoms with Crippen molar-refractivity contribution in [3.63, 3.8) is 0 Å². The molecular formula is C22H27N7O. The van der Waals surface area contributed by atoms with Crippen LogP contribution in [0.1, 0.15) is 36.9 Å². The Morgan fingerprint density at radius 1 is 1.13 bits per heavy atom. The maximum atomic E-state index is 12.4. The van der Waals surface area contributed by atoms with E-state index in [-0.39, 0.29) is 5.56 Å². The van der Waals surface area contributed by atoms with Crippen molar-refractivity contribution < 1.29 is 0 Å². The Labute approximate surface area is 175 Å². The highest BCUT2D eigenvalue weighted by Gasteiger charge is 2.23. The van der Waals surface area contributed by atoms with Crippen LogP contribution in [0, 0.1) is 0 Å². The third-order valence-corrected chi connectivity index (χ3v) is 6.32. The molecule has 0 bridgehead atoms. The number of aryl methyl sites for hydroxylation is 2. The maximum Gasteiger partial charge on any atom is 0.267 e. The Bertz CT molecular complexity index is 1090. The second-order valence-corrected chi connectivity index (χ2v) is 8.21. The molecule has 0 spiro atoms. The molecule has 1 saturated heterocycles. The molecule has 156 valence electrons. The molecule has 1 unspecified atom stereocenters. The summed E-state index contributed by atoms with van der Waals surface area (Å²) < 4.78 is 1.66. The topological polar surface area (TPSA) is 88.8 Å². The van der Waals surface area contributed by atoms with Gasteiger partial charge in [-0.1, -0.05) is 6.42 Å².